The Balaban J connectivity index is 1.95. The van der Waals surface area contributed by atoms with Crippen LogP contribution in [0, 0.1) is 11.8 Å². The van der Waals surface area contributed by atoms with Crippen LogP contribution in [0.25, 0.3) is 0 Å². The molecule has 1 heterocycles. The van der Waals surface area contributed by atoms with Gasteiger partial charge in [0.15, 0.2) is 0 Å². The molecular formula is C14H17N3O4S. The van der Waals surface area contributed by atoms with E-state index in [1.54, 1.807) is 29.2 Å². The minimum absolute atomic E-state index is 0.0285. The van der Waals surface area contributed by atoms with Gasteiger partial charge in [-0.25, -0.2) is 4.79 Å². The van der Waals surface area contributed by atoms with Crippen LogP contribution in [0.2, 0.25) is 0 Å². The van der Waals surface area contributed by atoms with E-state index < -0.39 is 10.2 Å². The molecule has 1 amide bonds. The number of carbonyl (C=O) groups is 1. The normalized spacial score (nSPS) is 14.7. The highest BCUT2D eigenvalue weighted by atomic mass is 32.2. The van der Waals surface area contributed by atoms with Gasteiger partial charge in [0.05, 0.1) is 13.1 Å². The van der Waals surface area contributed by atoms with Crippen molar-refractivity contribution >= 4 is 22.0 Å². The van der Waals surface area contributed by atoms with Crippen LogP contribution in [-0.2, 0) is 14.9 Å². The van der Waals surface area contributed by atoms with Crippen LogP contribution < -0.4 is 9.62 Å². The van der Waals surface area contributed by atoms with E-state index in [-0.39, 0.29) is 12.6 Å². The van der Waals surface area contributed by atoms with Gasteiger partial charge >= 0.3 is 6.09 Å². The third kappa shape index (κ3) is 3.98. The van der Waals surface area contributed by atoms with Crippen molar-refractivity contribution in [1.29, 1.82) is 0 Å². The summed E-state index contributed by atoms with van der Waals surface area (Å²) in [7, 11) is -0.569. The molecule has 0 atom stereocenters. The minimum atomic E-state index is -3.45. The molecule has 1 aromatic carbocycles. The maximum Gasteiger partial charge on any atom is 0.414 e. The van der Waals surface area contributed by atoms with Crippen LogP contribution in [0.4, 0.5) is 10.5 Å². The number of benzene rings is 1. The van der Waals surface area contributed by atoms with Crippen LogP contribution in [0.1, 0.15) is 5.56 Å². The lowest BCUT2D eigenvalue weighted by molar-refractivity contribution is 0.181. The zero-order chi connectivity index (χ0) is 16.2. The van der Waals surface area contributed by atoms with Crippen LogP contribution in [0.15, 0.2) is 24.3 Å². The number of hydrogen-bond acceptors (Lipinski definition) is 4. The topological polar surface area (TPSA) is 79.0 Å². The number of ether oxygens (including phenoxy) is 1. The molecule has 0 saturated carbocycles. The van der Waals surface area contributed by atoms with E-state index in [2.05, 4.69) is 16.6 Å². The van der Waals surface area contributed by atoms with Crippen molar-refractivity contribution < 1.29 is 17.9 Å². The number of carbonyl (C=O) groups excluding carboxylic acids is 1. The van der Waals surface area contributed by atoms with E-state index in [0.29, 0.717) is 13.2 Å². The van der Waals surface area contributed by atoms with E-state index in [1.165, 1.54) is 14.1 Å². The summed E-state index contributed by atoms with van der Waals surface area (Å²) in [5, 5.41) is 0. The van der Waals surface area contributed by atoms with Gasteiger partial charge in [-0.05, 0) is 24.3 Å². The third-order valence-electron chi connectivity index (χ3n) is 3.00. The molecule has 118 valence electrons. The van der Waals surface area contributed by atoms with Gasteiger partial charge < -0.3 is 4.74 Å². The Morgan fingerprint density at radius 2 is 2.00 bits per heavy atom. The Morgan fingerprint density at radius 3 is 2.55 bits per heavy atom. The van der Waals surface area contributed by atoms with Crippen molar-refractivity contribution in [2.75, 3.05) is 38.7 Å². The molecule has 22 heavy (non-hydrogen) atoms. The highest BCUT2D eigenvalue weighted by Gasteiger charge is 2.23. The molecule has 0 radical (unpaired) electrons. The Bertz CT molecular complexity index is 702. The van der Waals surface area contributed by atoms with Gasteiger partial charge in [-0.3, -0.25) is 4.90 Å². The lowest BCUT2D eigenvalue weighted by atomic mass is 10.2. The molecule has 7 nitrogen and oxygen atoms in total. The highest BCUT2D eigenvalue weighted by molar-refractivity contribution is 7.87. The lowest BCUT2D eigenvalue weighted by Gasteiger charge is -2.12. The Morgan fingerprint density at radius 1 is 1.32 bits per heavy atom. The summed E-state index contributed by atoms with van der Waals surface area (Å²) in [5.41, 5.74) is 1.49. The first-order valence-electron chi connectivity index (χ1n) is 6.60. The van der Waals surface area contributed by atoms with Crippen molar-refractivity contribution in [3.63, 3.8) is 0 Å². The molecule has 1 fully saturated rings. The summed E-state index contributed by atoms with van der Waals surface area (Å²) in [5.74, 6) is 5.59. The van der Waals surface area contributed by atoms with Crippen LogP contribution in [0.5, 0.6) is 0 Å². The highest BCUT2D eigenvalue weighted by Crippen LogP contribution is 2.18. The lowest BCUT2D eigenvalue weighted by Crippen LogP contribution is -2.35. The molecule has 0 bridgehead atoms. The number of anilines is 1. The predicted molar refractivity (Wildman–Crippen MR) is 82.6 cm³/mol. The van der Waals surface area contributed by atoms with Crippen molar-refractivity contribution in [3.8, 4) is 11.8 Å². The van der Waals surface area contributed by atoms with Gasteiger partial charge in [0.2, 0.25) is 0 Å². The maximum atomic E-state index is 11.5. The van der Waals surface area contributed by atoms with Gasteiger partial charge in [-0.15, -0.1) is 0 Å². The van der Waals surface area contributed by atoms with Crippen LogP contribution in [-0.4, -0.2) is 52.6 Å². The average Bonchev–Trinajstić information content (AvgIpc) is 2.90. The number of amides is 1. The summed E-state index contributed by atoms with van der Waals surface area (Å²) in [6.07, 6.45) is -0.350. The zero-order valence-corrected chi connectivity index (χ0v) is 13.2. The van der Waals surface area contributed by atoms with Gasteiger partial charge in [0.1, 0.15) is 6.61 Å². The molecule has 0 aromatic heterocycles. The second kappa shape index (κ2) is 6.79. The number of nitrogens with one attached hydrogen (secondary N) is 1. The fraction of sp³-hybridized carbons (Fsp3) is 0.357. The molecule has 1 saturated heterocycles. The Kier molecular flexibility index (Phi) is 5.03. The van der Waals surface area contributed by atoms with E-state index >= 15 is 0 Å². The summed E-state index contributed by atoms with van der Waals surface area (Å²) >= 11 is 0. The first-order valence-corrected chi connectivity index (χ1v) is 8.04. The molecule has 0 aliphatic carbocycles. The fourth-order valence-electron chi connectivity index (χ4n) is 1.76. The van der Waals surface area contributed by atoms with Crippen LogP contribution in [0.3, 0.4) is 0 Å². The van der Waals surface area contributed by atoms with Gasteiger partial charge in [0.25, 0.3) is 10.2 Å². The second-order valence-electron chi connectivity index (χ2n) is 4.72. The quantitative estimate of drug-likeness (QED) is 0.813. The largest absolute Gasteiger partial charge is 0.447 e. The average molecular weight is 323 g/mol. The van der Waals surface area contributed by atoms with Gasteiger partial charge in [0, 0.05) is 25.3 Å². The SMILES string of the molecule is CN(C)S(=O)(=O)NCC#Cc1ccc(N2CCOC2=O)cc1. The molecular weight excluding hydrogens is 306 g/mol. The van der Waals surface area contributed by atoms with Crippen molar-refractivity contribution in [1.82, 2.24) is 9.03 Å². The first-order chi connectivity index (χ1) is 10.4. The van der Waals surface area contributed by atoms with Gasteiger partial charge in [-0.2, -0.15) is 17.4 Å². The fourth-order valence-corrected chi connectivity index (χ4v) is 2.27. The van der Waals surface area contributed by atoms with Crippen molar-refractivity contribution in [2.24, 2.45) is 0 Å². The molecule has 0 unspecified atom stereocenters. The molecule has 1 N–H and O–H groups in total. The molecule has 1 aliphatic rings. The number of nitrogens with zero attached hydrogens (tertiary/aromatic N) is 2. The number of hydrogen-bond donors (Lipinski definition) is 1. The first kappa shape index (κ1) is 16.3. The standard InChI is InChI=1S/C14H17N3O4S/c1-16(2)22(19,20)15-9-3-4-12-5-7-13(8-6-12)17-10-11-21-14(17)18/h5-8,15H,9-11H2,1-2H3. The summed E-state index contributed by atoms with van der Waals surface area (Å²) < 4.78 is 31.2. The second-order valence-corrected chi connectivity index (χ2v) is 6.69. The number of rotatable bonds is 4. The molecule has 0 spiro atoms. The summed E-state index contributed by atoms with van der Waals surface area (Å²) in [6, 6.07) is 7.10. The van der Waals surface area contributed by atoms with Crippen LogP contribution >= 0.6 is 0 Å². The number of cyclic esters (lactones) is 1. The predicted octanol–water partition coefficient (Wildman–Crippen LogP) is 0.391. The Labute approximate surface area is 130 Å². The third-order valence-corrected chi connectivity index (χ3v) is 4.47. The maximum absolute atomic E-state index is 11.5. The van der Waals surface area contributed by atoms with Gasteiger partial charge in [-0.1, -0.05) is 11.8 Å². The molecule has 2 rings (SSSR count). The minimum Gasteiger partial charge on any atom is -0.447 e. The summed E-state index contributed by atoms with van der Waals surface area (Å²) in [6.45, 7) is 0.962. The van der Waals surface area contributed by atoms with E-state index in [9.17, 15) is 13.2 Å². The van der Waals surface area contributed by atoms with Crippen molar-refractivity contribution in [3.05, 3.63) is 29.8 Å². The molecule has 1 aliphatic heterocycles. The summed E-state index contributed by atoms with van der Waals surface area (Å²) in [4.78, 5) is 13.0. The molecule has 8 heteroatoms. The van der Waals surface area contributed by atoms with E-state index in [0.717, 1.165) is 15.6 Å². The van der Waals surface area contributed by atoms with E-state index in [4.69, 9.17) is 4.74 Å². The van der Waals surface area contributed by atoms with Crippen molar-refractivity contribution in [2.45, 2.75) is 0 Å². The Hall–Kier alpha value is -2.08. The zero-order valence-electron chi connectivity index (χ0n) is 12.4. The monoisotopic (exact) mass is 323 g/mol. The molecule has 1 aromatic rings. The van der Waals surface area contributed by atoms with E-state index in [1.807, 2.05) is 0 Å². The smallest absolute Gasteiger partial charge is 0.414 e.